The Kier molecular flexibility index (Phi) is 5.06. The predicted molar refractivity (Wildman–Crippen MR) is 84.5 cm³/mol. The van der Waals surface area contributed by atoms with Crippen molar-refractivity contribution >= 4 is 29.0 Å². The van der Waals surface area contributed by atoms with Gasteiger partial charge < -0.3 is 11.1 Å². The number of hydrogen-bond acceptors (Lipinski definition) is 5. The zero-order valence-corrected chi connectivity index (χ0v) is 12.7. The van der Waals surface area contributed by atoms with Crippen LogP contribution in [0.15, 0.2) is 18.2 Å². The quantitative estimate of drug-likeness (QED) is 0.495. The van der Waals surface area contributed by atoms with Crippen molar-refractivity contribution in [2.24, 2.45) is 0 Å². The lowest BCUT2D eigenvalue weighted by atomic mass is 10.1. The van der Waals surface area contributed by atoms with Crippen molar-refractivity contribution in [3.63, 3.8) is 0 Å². The highest BCUT2D eigenvalue weighted by molar-refractivity contribution is 7.99. The fourth-order valence-electron chi connectivity index (χ4n) is 2.59. The summed E-state index contributed by atoms with van der Waals surface area (Å²) in [4.78, 5) is 22.3. The molecule has 2 unspecified atom stereocenters. The van der Waals surface area contributed by atoms with Gasteiger partial charge >= 0.3 is 0 Å². The van der Waals surface area contributed by atoms with Crippen LogP contribution < -0.4 is 11.1 Å². The van der Waals surface area contributed by atoms with E-state index in [2.05, 4.69) is 12.2 Å². The lowest BCUT2D eigenvalue weighted by Gasteiger charge is -2.13. The monoisotopic (exact) mass is 309 g/mol. The van der Waals surface area contributed by atoms with Gasteiger partial charge in [-0.15, -0.1) is 0 Å². The molecule has 1 aromatic rings. The van der Waals surface area contributed by atoms with E-state index < -0.39 is 4.92 Å². The van der Waals surface area contributed by atoms with Gasteiger partial charge in [-0.3, -0.25) is 14.9 Å². The van der Waals surface area contributed by atoms with E-state index in [4.69, 9.17) is 5.73 Å². The van der Waals surface area contributed by atoms with Crippen LogP contribution in [0.1, 0.15) is 36.5 Å². The van der Waals surface area contributed by atoms with Gasteiger partial charge in [0.2, 0.25) is 0 Å². The summed E-state index contributed by atoms with van der Waals surface area (Å²) in [6.07, 6.45) is 3.07. The van der Waals surface area contributed by atoms with Crippen LogP contribution in [-0.4, -0.2) is 27.9 Å². The Morgan fingerprint density at radius 1 is 1.52 bits per heavy atom. The largest absolute Gasteiger partial charge is 0.393 e. The van der Waals surface area contributed by atoms with E-state index in [0.29, 0.717) is 10.8 Å². The third-order valence-corrected chi connectivity index (χ3v) is 4.84. The second-order valence-electron chi connectivity index (χ2n) is 5.09. The van der Waals surface area contributed by atoms with Crippen molar-refractivity contribution in [2.45, 2.75) is 37.5 Å². The summed E-state index contributed by atoms with van der Waals surface area (Å²) in [6, 6.07) is 4.25. The fraction of sp³-hybridized carbons (Fsp3) is 0.500. The van der Waals surface area contributed by atoms with Gasteiger partial charge in [0.15, 0.2) is 0 Å². The van der Waals surface area contributed by atoms with Crippen molar-refractivity contribution in [3.8, 4) is 0 Å². The molecule has 0 saturated heterocycles. The summed E-state index contributed by atoms with van der Waals surface area (Å²) >= 11 is 1.93. The van der Waals surface area contributed by atoms with Crippen LogP contribution in [0.4, 0.5) is 11.4 Å². The molecule has 21 heavy (non-hydrogen) atoms. The minimum atomic E-state index is -0.555. The van der Waals surface area contributed by atoms with Crippen LogP contribution in [0.25, 0.3) is 0 Å². The van der Waals surface area contributed by atoms with Crippen LogP contribution in [0.3, 0.4) is 0 Å². The molecule has 6 nitrogen and oxygen atoms in total. The topological polar surface area (TPSA) is 98.3 Å². The number of benzene rings is 1. The summed E-state index contributed by atoms with van der Waals surface area (Å²) in [5.41, 5.74) is 5.81. The number of carbonyl (C=O) groups is 1. The van der Waals surface area contributed by atoms with Crippen molar-refractivity contribution in [2.75, 3.05) is 11.5 Å². The molecule has 2 atom stereocenters. The summed E-state index contributed by atoms with van der Waals surface area (Å²) in [7, 11) is 0. The number of anilines is 1. The Morgan fingerprint density at radius 2 is 2.29 bits per heavy atom. The Morgan fingerprint density at radius 3 is 2.90 bits per heavy atom. The number of carbonyl (C=O) groups excluding carboxylic acids is 1. The average Bonchev–Trinajstić information content (AvgIpc) is 2.86. The Hall–Kier alpha value is -1.76. The summed E-state index contributed by atoms with van der Waals surface area (Å²) in [5, 5.41) is 14.3. The maximum absolute atomic E-state index is 12.2. The number of nitro benzene ring substituents is 1. The van der Waals surface area contributed by atoms with E-state index in [1.807, 2.05) is 11.8 Å². The first-order valence-corrected chi connectivity index (χ1v) is 8.02. The molecule has 1 aliphatic rings. The van der Waals surface area contributed by atoms with E-state index in [1.54, 1.807) is 0 Å². The van der Waals surface area contributed by atoms with E-state index >= 15 is 0 Å². The molecular formula is C14H19N3O3S. The molecule has 1 aliphatic carbocycles. The van der Waals surface area contributed by atoms with E-state index in [1.165, 1.54) is 18.2 Å². The highest BCUT2D eigenvalue weighted by atomic mass is 32.2. The molecule has 1 saturated carbocycles. The van der Waals surface area contributed by atoms with Gasteiger partial charge in [-0.05, 0) is 37.1 Å². The summed E-state index contributed by atoms with van der Waals surface area (Å²) in [5.74, 6) is 0.869. The lowest BCUT2D eigenvalue weighted by molar-refractivity contribution is -0.383. The first-order chi connectivity index (χ1) is 10.0. The average molecular weight is 309 g/mol. The van der Waals surface area contributed by atoms with Crippen LogP contribution >= 0.6 is 11.8 Å². The van der Waals surface area contributed by atoms with Crippen molar-refractivity contribution in [1.82, 2.24) is 5.32 Å². The minimum Gasteiger partial charge on any atom is -0.393 e. The highest BCUT2D eigenvalue weighted by Gasteiger charge is 2.26. The molecule has 1 fully saturated rings. The number of nitro groups is 1. The molecular weight excluding hydrogens is 290 g/mol. The molecule has 0 aliphatic heterocycles. The molecule has 3 N–H and O–H groups in total. The lowest BCUT2D eigenvalue weighted by Crippen LogP contribution is -2.33. The molecule has 0 heterocycles. The zero-order valence-electron chi connectivity index (χ0n) is 11.9. The number of nitrogens with one attached hydrogen (secondary N) is 1. The molecule has 7 heteroatoms. The predicted octanol–water partition coefficient (Wildman–Crippen LogP) is 2.58. The van der Waals surface area contributed by atoms with Crippen LogP contribution in [-0.2, 0) is 0 Å². The number of nitrogens with zero attached hydrogens (tertiary/aromatic N) is 1. The van der Waals surface area contributed by atoms with Crippen LogP contribution in [0.2, 0.25) is 0 Å². The maximum atomic E-state index is 12.2. The first kappa shape index (κ1) is 15.6. The van der Waals surface area contributed by atoms with E-state index in [0.717, 1.165) is 25.0 Å². The molecule has 0 bridgehead atoms. The molecule has 0 spiro atoms. The number of rotatable bonds is 5. The Bertz CT molecular complexity index is 550. The van der Waals surface area contributed by atoms with Gasteiger partial charge in [-0.1, -0.05) is 6.92 Å². The Labute approximate surface area is 127 Å². The van der Waals surface area contributed by atoms with Gasteiger partial charge in [0.05, 0.1) is 4.92 Å². The highest BCUT2D eigenvalue weighted by Crippen LogP contribution is 2.30. The second kappa shape index (κ2) is 6.80. The molecule has 0 radical (unpaired) electrons. The number of nitrogen functional groups attached to an aromatic ring is 1. The van der Waals surface area contributed by atoms with E-state index in [-0.39, 0.29) is 23.3 Å². The number of hydrogen-bond donors (Lipinski definition) is 2. The van der Waals surface area contributed by atoms with E-state index in [9.17, 15) is 14.9 Å². The normalized spacial score (nSPS) is 21.2. The summed E-state index contributed by atoms with van der Waals surface area (Å²) < 4.78 is 0. The van der Waals surface area contributed by atoms with Crippen LogP contribution in [0, 0.1) is 10.1 Å². The minimum absolute atomic E-state index is 0.0125. The van der Waals surface area contributed by atoms with Crippen molar-refractivity contribution in [3.05, 3.63) is 33.9 Å². The third kappa shape index (κ3) is 3.87. The molecule has 1 aromatic carbocycles. The van der Waals surface area contributed by atoms with Gasteiger partial charge in [-0.2, -0.15) is 11.8 Å². The number of nitrogens with two attached hydrogens (primary N) is 1. The standard InChI is InChI=1S/C14H19N3O3S/c1-2-21-11-5-4-10(8-11)16-14(18)9-3-6-13(17(19)20)12(15)7-9/h3,6-7,10-11H,2,4-5,8,15H2,1H3,(H,16,18). The smallest absolute Gasteiger partial charge is 0.292 e. The Balaban J connectivity index is 1.98. The zero-order chi connectivity index (χ0) is 15.4. The third-order valence-electron chi connectivity index (χ3n) is 3.61. The van der Waals surface area contributed by atoms with Crippen molar-refractivity contribution < 1.29 is 9.72 Å². The number of thioether (sulfide) groups is 1. The number of amides is 1. The van der Waals surface area contributed by atoms with Gasteiger partial charge in [-0.25, -0.2) is 0 Å². The molecule has 0 aromatic heterocycles. The molecule has 114 valence electrons. The first-order valence-electron chi connectivity index (χ1n) is 6.97. The second-order valence-corrected chi connectivity index (χ2v) is 6.67. The van der Waals surface area contributed by atoms with Crippen molar-refractivity contribution in [1.29, 1.82) is 0 Å². The fourth-order valence-corrected chi connectivity index (χ4v) is 3.73. The molecule has 1 amide bonds. The SMILES string of the molecule is CCSC1CCC(NC(=O)c2ccc([N+](=O)[O-])c(N)c2)C1. The molecule has 2 rings (SSSR count). The summed E-state index contributed by atoms with van der Waals surface area (Å²) in [6.45, 7) is 2.14. The van der Waals surface area contributed by atoms with Gasteiger partial charge in [0.25, 0.3) is 11.6 Å². The maximum Gasteiger partial charge on any atom is 0.292 e. The van der Waals surface area contributed by atoms with Gasteiger partial charge in [0.1, 0.15) is 5.69 Å². The van der Waals surface area contributed by atoms with Crippen LogP contribution in [0.5, 0.6) is 0 Å². The van der Waals surface area contributed by atoms with Gasteiger partial charge in [0, 0.05) is 22.9 Å².